The van der Waals surface area contributed by atoms with Crippen molar-refractivity contribution in [3.05, 3.63) is 35.9 Å². The van der Waals surface area contributed by atoms with Crippen molar-refractivity contribution in [2.75, 3.05) is 39.3 Å². The smallest absolute Gasteiger partial charge is 0.0900 e. The Kier molecular flexibility index (Phi) is 8.98. The van der Waals surface area contributed by atoms with E-state index in [0.29, 0.717) is 13.2 Å². The molecule has 0 amide bonds. The second-order valence-corrected chi connectivity index (χ2v) is 6.10. The molecule has 1 aromatic rings. The number of nitrogens with zero attached hydrogens (tertiary/aromatic N) is 2. The molecule has 1 N–H and O–H groups in total. The molecule has 0 radical (unpaired) electrons. The van der Waals surface area contributed by atoms with E-state index in [0.717, 1.165) is 32.7 Å². The lowest BCUT2D eigenvalue weighted by atomic mass is 10.2. The molecule has 126 valence electrons. The van der Waals surface area contributed by atoms with E-state index in [1.54, 1.807) is 0 Å². The molecule has 5 heteroatoms. The van der Waals surface area contributed by atoms with Gasteiger partial charge in [0.25, 0.3) is 0 Å². The lowest BCUT2D eigenvalue weighted by molar-refractivity contribution is -0.0148. The molecule has 0 bridgehead atoms. The number of halogens is 1. The van der Waals surface area contributed by atoms with Gasteiger partial charge in [-0.05, 0) is 19.4 Å². The third kappa shape index (κ3) is 7.07. The number of ether oxygens (including phenoxy) is 1. The van der Waals surface area contributed by atoms with Crippen LogP contribution in [0.15, 0.2) is 30.3 Å². The molecule has 1 heterocycles. The predicted octanol–water partition coefficient (Wildman–Crippen LogP) is 2.01. The van der Waals surface area contributed by atoms with Crippen LogP contribution in [0.4, 0.5) is 0 Å². The summed E-state index contributed by atoms with van der Waals surface area (Å²) in [4.78, 5) is 4.80. The van der Waals surface area contributed by atoms with Crippen LogP contribution in [0.3, 0.4) is 0 Å². The lowest BCUT2D eigenvalue weighted by Crippen LogP contribution is -2.48. The number of aliphatic hydroxyl groups excluding tert-OH is 1. The normalized spacial score (nSPS) is 18.2. The Morgan fingerprint density at radius 2 is 1.64 bits per heavy atom. The molecule has 1 unspecified atom stereocenters. The van der Waals surface area contributed by atoms with E-state index in [2.05, 4.69) is 40.1 Å². The van der Waals surface area contributed by atoms with Crippen molar-refractivity contribution >= 4 is 12.4 Å². The average molecular weight is 329 g/mol. The summed E-state index contributed by atoms with van der Waals surface area (Å²) < 4.78 is 5.46. The van der Waals surface area contributed by atoms with Crippen molar-refractivity contribution in [3.63, 3.8) is 0 Å². The molecular weight excluding hydrogens is 300 g/mol. The largest absolute Gasteiger partial charge is 0.389 e. The van der Waals surface area contributed by atoms with Crippen LogP contribution in [-0.4, -0.2) is 66.4 Å². The van der Waals surface area contributed by atoms with Crippen LogP contribution in [-0.2, 0) is 11.3 Å². The highest BCUT2D eigenvalue weighted by molar-refractivity contribution is 5.85. The Hall–Kier alpha value is -0.650. The maximum Gasteiger partial charge on any atom is 0.0900 e. The molecule has 0 spiro atoms. The number of rotatable bonds is 7. The van der Waals surface area contributed by atoms with Gasteiger partial charge in [-0.15, -0.1) is 12.4 Å². The van der Waals surface area contributed by atoms with Gasteiger partial charge in [-0.25, -0.2) is 0 Å². The van der Waals surface area contributed by atoms with Gasteiger partial charge in [0.05, 0.1) is 18.8 Å². The topological polar surface area (TPSA) is 35.9 Å². The quantitative estimate of drug-likeness (QED) is 0.830. The van der Waals surface area contributed by atoms with Gasteiger partial charge in [0.15, 0.2) is 0 Å². The fourth-order valence-electron chi connectivity index (χ4n) is 2.63. The molecule has 4 nitrogen and oxygen atoms in total. The van der Waals surface area contributed by atoms with E-state index in [-0.39, 0.29) is 24.6 Å². The fraction of sp³-hybridized carbons (Fsp3) is 0.647. The van der Waals surface area contributed by atoms with Crippen molar-refractivity contribution in [3.8, 4) is 0 Å². The Morgan fingerprint density at radius 3 is 2.23 bits per heavy atom. The Labute approximate surface area is 140 Å². The molecule has 1 aliphatic heterocycles. The first-order valence-corrected chi connectivity index (χ1v) is 7.92. The lowest BCUT2D eigenvalue weighted by Gasteiger charge is -2.35. The minimum atomic E-state index is -0.381. The summed E-state index contributed by atoms with van der Waals surface area (Å²) in [5.41, 5.74) is 1.37. The third-order valence-corrected chi connectivity index (χ3v) is 3.80. The van der Waals surface area contributed by atoms with E-state index in [4.69, 9.17) is 4.74 Å². The highest BCUT2D eigenvalue weighted by Crippen LogP contribution is 2.09. The van der Waals surface area contributed by atoms with Gasteiger partial charge in [0, 0.05) is 39.3 Å². The van der Waals surface area contributed by atoms with Gasteiger partial charge >= 0.3 is 0 Å². The third-order valence-electron chi connectivity index (χ3n) is 3.80. The standard InChI is InChI=1S/C17H28N2O2.ClH/c1-15(2)21-14-17(20)13-19-10-8-18(9-11-19)12-16-6-4-3-5-7-16;/h3-7,15,17,20H,8-14H2,1-2H3;1H. The first kappa shape index (κ1) is 19.4. The van der Waals surface area contributed by atoms with Crippen LogP contribution >= 0.6 is 12.4 Å². The van der Waals surface area contributed by atoms with Crippen LogP contribution in [0.5, 0.6) is 0 Å². The second kappa shape index (κ2) is 10.2. The van der Waals surface area contributed by atoms with Gasteiger partial charge in [-0.1, -0.05) is 30.3 Å². The average Bonchev–Trinajstić information content (AvgIpc) is 2.48. The molecule has 1 fully saturated rings. The highest BCUT2D eigenvalue weighted by Gasteiger charge is 2.19. The minimum Gasteiger partial charge on any atom is -0.389 e. The number of β-amino-alcohol motifs (C(OH)–C–C–N with tert-alkyl or cyclic N) is 1. The molecule has 22 heavy (non-hydrogen) atoms. The summed E-state index contributed by atoms with van der Waals surface area (Å²) in [5, 5.41) is 9.97. The van der Waals surface area contributed by atoms with Crippen molar-refractivity contribution in [1.82, 2.24) is 9.80 Å². The first-order valence-electron chi connectivity index (χ1n) is 7.92. The minimum absolute atomic E-state index is 0. The zero-order chi connectivity index (χ0) is 15.1. The fourth-order valence-corrected chi connectivity index (χ4v) is 2.63. The number of piperazine rings is 1. The maximum absolute atomic E-state index is 9.97. The van der Waals surface area contributed by atoms with Crippen LogP contribution in [0.2, 0.25) is 0 Å². The Morgan fingerprint density at radius 1 is 1.05 bits per heavy atom. The van der Waals surface area contributed by atoms with E-state index < -0.39 is 0 Å². The first-order chi connectivity index (χ1) is 10.1. The summed E-state index contributed by atoms with van der Waals surface area (Å²) in [6.07, 6.45) is -0.199. The van der Waals surface area contributed by atoms with Crippen molar-refractivity contribution in [1.29, 1.82) is 0 Å². The molecule has 1 saturated heterocycles. The molecule has 1 atom stereocenters. The van der Waals surface area contributed by atoms with E-state index >= 15 is 0 Å². The van der Waals surface area contributed by atoms with Crippen molar-refractivity contribution < 1.29 is 9.84 Å². The molecule has 1 aromatic carbocycles. The molecule has 0 saturated carbocycles. The zero-order valence-corrected chi connectivity index (χ0v) is 14.5. The monoisotopic (exact) mass is 328 g/mol. The molecular formula is C17H29ClN2O2. The maximum atomic E-state index is 9.97. The summed E-state index contributed by atoms with van der Waals surface area (Å²) >= 11 is 0. The molecule has 0 aliphatic carbocycles. The summed E-state index contributed by atoms with van der Waals surface area (Å²) in [6, 6.07) is 10.6. The molecule has 1 aliphatic rings. The molecule has 2 rings (SSSR count). The number of hydrogen-bond donors (Lipinski definition) is 1. The van der Waals surface area contributed by atoms with Gasteiger partial charge in [0.1, 0.15) is 0 Å². The van der Waals surface area contributed by atoms with E-state index in [1.807, 2.05) is 13.8 Å². The highest BCUT2D eigenvalue weighted by atomic mass is 35.5. The Bertz CT molecular complexity index is 395. The van der Waals surface area contributed by atoms with Crippen molar-refractivity contribution in [2.24, 2.45) is 0 Å². The van der Waals surface area contributed by atoms with Gasteiger partial charge in [0.2, 0.25) is 0 Å². The van der Waals surface area contributed by atoms with E-state index in [9.17, 15) is 5.11 Å². The Balaban J connectivity index is 0.00000242. The summed E-state index contributed by atoms with van der Waals surface area (Å²) in [7, 11) is 0. The second-order valence-electron chi connectivity index (χ2n) is 6.10. The number of hydrogen-bond acceptors (Lipinski definition) is 4. The van der Waals surface area contributed by atoms with Gasteiger partial charge < -0.3 is 9.84 Å². The number of aliphatic hydroxyl groups is 1. The van der Waals surface area contributed by atoms with Crippen LogP contribution in [0, 0.1) is 0 Å². The van der Waals surface area contributed by atoms with Crippen LogP contribution in [0.1, 0.15) is 19.4 Å². The zero-order valence-electron chi connectivity index (χ0n) is 13.6. The summed E-state index contributed by atoms with van der Waals surface area (Å²) in [6.45, 7) is 10.3. The summed E-state index contributed by atoms with van der Waals surface area (Å²) in [5.74, 6) is 0. The predicted molar refractivity (Wildman–Crippen MR) is 92.5 cm³/mol. The van der Waals surface area contributed by atoms with E-state index in [1.165, 1.54) is 5.56 Å². The van der Waals surface area contributed by atoms with Crippen molar-refractivity contribution in [2.45, 2.75) is 32.6 Å². The van der Waals surface area contributed by atoms with Gasteiger partial charge in [-0.2, -0.15) is 0 Å². The van der Waals surface area contributed by atoms with Crippen LogP contribution in [0.25, 0.3) is 0 Å². The van der Waals surface area contributed by atoms with Gasteiger partial charge in [-0.3, -0.25) is 9.80 Å². The SMILES string of the molecule is CC(C)OCC(O)CN1CCN(Cc2ccccc2)CC1.Cl. The number of benzene rings is 1. The van der Waals surface area contributed by atoms with Crippen LogP contribution < -0.4 is 0 Å². The molecule has 0 aromatic heterocycles.